The number of rotatable bonds is 4. The molecule has 1 fully saturated rings. The van der Waals surface area contributed by atoms with E-state index in [4.69, 9.17) is 4.74 Å². The first-order valence-electron chi connectivity index (χ1n) is 8.84. The van der Waals surface area contributed by atoms with E-state index < -0.39 is 0 Å². The predicted octanol–water partition coefficient (Wildman–Crippen LogP) is 2.06. The molecular formula is C19H22N4O2. The van der Waals surface area contributed by atoms with Crippen LogP contribution in [0.15, 0.2) is 36.5 Å². The lowest BCUT2D eigenvalue weighted by Gasteiger charge is -2.32. The number of carbonyl (C=O) groups is 1. The summed E-state index contributed by atoms with van der Waals surface area (Å²) >= 11 is 0. The molecule has 0 bridgehead atoms. The van der Waals surface area contributed by atoms with Crippen molar-refractivity contribution in [3.63, 3.8) is 0 Å². The van der Waals surface area contributed by atoms with Gasteiger partial charge >= 0.3 is 0 Å². The van der Waals surface area contributed by atoms with Crippen LogP contribution in [0.1, 0.15) is 24.0 Å². The van der Waals surface area contributed by atoms with Crippen LogP contribution in [0.5, 0.6) is 5.75 Å². The molecule has 3 heterocycles. The van der Waals surface area contributed by atoms with Crippen molar-refractivity contribution < 1.29 is 9.53 Å². The number of nitrogens with zero attached hydrogens (tertiary/aromatic N) is 3. The Labute approximate surface area is 147 Å². The molecule has 0 atom stereocenters. The quantitative estimate of drug-likeness (QED) is 0.924. The minimum Gasteiger partial charge on any atom is -0.493 e. The molecule has 0 unspecified atom stereocenters. The van der Waals surface area contributed by atoms with E-state index in [9.17, 15) is 4.79 Å². The number of likely N-dealkylation sites (tertiary alicyclic amines) is 1. The van der Waals surface area contributed by atoms with Crippen LogP contribution < -0.4 is 10.1 Å². The molecule has 6 nitrogen and oxygen atoms in total. The molecule has 2 aliphatic heterocycles. The van der Waals surface area contributed by atoms with E-state index >= 15 is 0 Å². The molecule has 0 spiro atoms. The third-order valence-corrected chi connectivity index (χ3v) is 4.88. The number of hydrogen-bond donors (Lipinski definition) is 1. The van der Waals surface area contributed by atoms with E-state index in [0.717, 1.165) is 56.1 Å². The summed E-state index contributed by atoms with van der Waals surface area (Å²) in [6.07, 6.45) is 4.94. The fourth-order valence-electron chi connectivity index (χ4n) is 3.50. The number of carbonyl (C=O) groups excluding carboxylic acids is 1. The monoisotopic (exact) mass is 338 g/mol. The highest BCUT2D eigenvalue weighted by molar-refractivity contribution is 5.79. The van der Waals surface area contributed by atoms with Crippen LogP contribution in [0, 0.1) is 0 Å². The summed E-state index contributed by atoms with van der Waals surface area (Å²) in [6, 6.07) is 10.2. The molecule has 1 amide bonds. The standard InChI is InChI=1S/C19H22N4O2/c24-19(13-14-3-4-17-15(12-14)7-11-25-17)23-9-5-16(6-10-23)21-18-2-1-8-20-22-18/h1-4,8,12,16H,5-7,9-11,13H2,(H,21,22). The molecule has 6 heteroatoms. The van der Waals surface area contributed by atoms with Crippen molar-refractivity contribution in [2.45, 2.75) is 31.7 Å². The maximum atomic E-state index is 12.6. The minimum atomic E-state index is 0.205. The van der Waals surface area contributed by atoms with Gasteiger partial charge in [-0.2, -0.15) is 5.10 Å². The molecule has 25 heavy (non-hydrogen) atoms. The van der Waals surface area contributed by atoms with Gasteiger partial charge in [-0.15, -0.1) is 5.10 Å². The van der Waals surface area contributed by atoms with Gasteiger partial charge in [-0.1, -0.05) is 12.1 Å². The van der Waals surface area contributed by atoms with Crippen molar-refractivity contribution >= 4 is 11.7 Å². The van der Waals surface area contributed by atoms with Crippen molar-refractivity contribution in [3.05, 3.63) is 47.7 Å². The van der Waals surface area contributed by atoms with Crippen LogP contribution in [-0.2, 0) is 17.6 Å². The van der Waals surface area contributed by atoms with Crippen LogP contribution in [0.4, 0.5) is 5.82 Å². The van der Waals surface area contributed by atoms with E-state index in [1.807, 2.05) is 29.2 Å². The van der Waals surface area contributed by atoms with E-state index in [1.165, 1.54) is 5.56 Å². The van der Waals surface area contributed by atoms with Gasteiger partial charge in [0.25, 0.3) is 0 Å². The maximum Gasteiger partial charge on any atom is 0.226 e. The van der Waals surface area contributed by atoms with Gasteiger partial charge in [-0.05, 0) is 42.2 Å². The lowest BCUT2D eigenvalue weighted by atomic mass is 10.0. The fourth-order valence-corrected chi connectivity index (χ4v) is 3.50. The summed E-state index contributed by atoms with van der Waals surface area (Å²) in [7, 11) is 0. The van der Waals surface area contributed by atoms with Crippen LogP contribution in [0.25, 0.3) is 0 Å². The number of fused-ring (bicyclic) bond motifs is 1. The topological polar surface area (TPSA) is 67.3 Å². The first kappa shape index (κ1) is 15.9. The second-order valence-corrected chi connectivity index (χ2v) is 6.63. The zero-order valence-corrected chi connectivity index (χ0v) is 14.1. The number of nitrogens with one attached hydrogen (secondary N) is 1. The Morgan fingerprint density at radius 2 is 2.16 bits per heavy atom. The number of benzene rings is 1. The predicted molar refractivity (Wildman–Crippen MR) is 94.6 cm³/mol. The normalized spacial score (nSPS) is 17.0. The number of ether oxygens (including phenoxy) is 1. The lowest BCUT2D eigenvalue weighted by molar-refractivity contribution is -0.131. The molecular weight excluding hydrogens is 316 g/mol. The Bertz CT molecular complexity index is 742. The number of anilines is 1. The molecule has 0 radical (unpaired) electrons. The number of hydrogen-bond acceptors (Lipinski definition) is 5. The summed E-state index contributed by atoms with van der Waals surface area (Å²) in [6.45, 7) is 2.31. The van der Waals surface area contributed by atoms with Gasteiger partial charge < -0.3 is 15.0 Å². The van der Waals surface area contributed by atoms with Crippen molar-refractivity contribution in [1.82, 2.24) is 15.1 Å². The minimum absolute atomic E-state index is 0.205. The summed E-state index contributed by atoms with van der Waals surface area (Å²) < 4.78 is 5.52. The van der Waals surface area contributed by atoms with Crippen LogP contribution >= 0.6 is 0 Å². The average Bonchev–Trinajstić information content (AvgIpc) is 3.11. The average molecular weight is 338 g/mol. The van der Waals surface area contributed by atoms with Crippen molar-refractivity contribution in [2.24, 2.45) is 0 Å². The van der Waals surface area contributed by atoms with E-state index in [0.29, 0.717) is 12.5 Å². The van der Waals surface area contributed by atoms with Gasteiger partial charge in [0, 0.05) is 31.7 Å². The molecule has 130 valence electrons. The molecule has 0 saturated carbocycles. The Morgan fingerprint density at radius 1 is 1.28 bits per heavy atom. The summed E-state index contributed by atoms with van der Waals surface area (Å²) in [5.41, 5.74) is 2.30. The lowest BCUT2D eigenvalue weighted by Crippen LogP contribution is -2.43. The van der Waals surface area contributed by atoms with E-state index in [2.05, 4.69) is 21.6 Å². The Hall–Kier alpha value is -2.63. The molecule has 1 N–H and O–H groups in total. The Balaban J connectivity index is 1.29. The maximum absolute atomic E-state index is 12.6. The highest BCUT2D eigenvalue weighted by Gasteiger charge is 2.23. The first-order valence-corrected chi connectivity index (χ1v) is 8.84. The number of piperidine rings is 1. The molecule has 1 saturated heterocycles. The summed E-state index contributed by atoms with van der Waals surface area (Å²) in [5.74, 6) is 1.97. The van der Waals surface area contributed by atoms with Gasteiger partial charge in [0.2, 0.25) is 5.91 Å². The highest BCUT2D eigenvalue weighted by Crippen LogP contribution is 2.26. The molecule has 0 aliphatic carbocycles. The number of aromatic nitrogens is 2. The number of amides is 1. The first-order chi connectivity index (χ1) is 12.3. The summed E-state index contributed by atoms with van der Waals surface area (Å²) in [4.78, 5) is 14.6. The second kappa shape index (κ2) is 7.09. The van der Waals surface area contributed by atoms with Crippen molar-refractivity contribution in [2.75, 3.05) is 25.0 Å². The van der Waals surface area contributed by atoms with E-state index in [-0.39, 0.29) is 5.91 Å². The third kappa shape index (κ3) is 3.73. The molecule has 1 aromatic carbocycles. The van der Waals surface area contributed by atoms with Gasteiger partial charge in [0.15, 0.2) is 0 Å². The van der Waals surface area contributed by atoms with E-state index in [1.54, 1.807) is 6.20 Å². The molecule has 1 aromatic heterocycles. The van der Waals surface area contributed by atoms with Crippen LogP contribution in [-0.4, -0.2) is 46.7 Å². The zero-order valence-electron chi connectivity index (χ0n) is 14.1. The second-order valence-electron chi connectivity index (χ2n) is 6.63. The van der Waals surface area contributed by atoms with Crippen LogP contribution in [0.3, 0.4) is 0 Å². The largest absolute Gasteiger partial charge is 0.493 e. The molecule has 2 aromatic rings. The van der Waals surface area contributed by atoms with Gasteiger partial charge in [-0.3, -0.25) is 4.79 Å². The zero-order chi connectivity index (χ0) is 17.1. The summed E-state index contributed by atoms with van der Waals surface area (Å²) in [5, 5.41) is 11.3. The van der Waals surface area contributed by atoms with Gasteiger partial charge in [0.05, 0.1) is 13.0 Å². The third-order valence-electron chi connectivity index (χ3n) is 4.88. The van der Waals surface area contributed by atoms with Gasteiger partial charge in [0.1, 0.15) is 11.6 Å². The van der Waals surface area contributed by atoms with Crippen molar-refractivity contribution in [1.29, 1.82) is 0 Å². The SMILES string of the molecule is O=C(Cc1ccc2c(c1)CCO2)N1CCC(Nc2cccnn2)CC1. The Morgan fingerprint density at radius 3 is 2.96 bits per heavy atom. The molecule has 2 aliphatic rings. The highest BCUT2D eigenvalue weighted by atomic mass is 16.5. The molecule has 4 rings (SSSR count). The van der Waals surface area contributed by atoms with Gasteiger partial charge in [-0.25, -0.2) is 0 Å². The van der Waals surface area contributed by atoms with Crippen LogP contribution in [0.2, 0.25) is 0 Å². The fraction of sp³-hybridized carbons (Fsp3) is 0.421. The Kier molecular flexibility index (Phi) is 4.50. The van der Waals surface area contributed by atoms with Crippen molar-refractivity contribution in [3.8, 4) is 5.75 Å². The smallest absolute Gasteiger partial charge is 0.226 e.